The minimum absolute atomic E-state index is 0.130. The number of likely N-dealkylation sites (N-methyl/N-ethyl adjacent to an activating group) is 1. The Kier molecular flexibility index (Phi) is 4.54. The summed E-state index contributed by atoms with van der Waals surface area (Å²) in [5.41, 5.74) is 0. The predicted molar refractivity (Wildman–Crippen MR) is 59.5 cm³/mol. The van der Waals surface area contributed by atoms with Crippen LogP contribution in [-0.2, 0) is 4.79 Å². The van der Waals surface area contributed by atoms with Crippen LogP contribution in [-0.4, -0.2) is 48.2 Å². The first-order valence-electron chi connectivity index (χ1n) is 5.67. The van der Waals surface area contributed by atoms with E-state index in [1.165, 1.54) is 0 Å². The Morgan fingerprint density at radius 2 is 2.33 bits per heavy atom. The van der Waals surface area contributed by atoms with Crippen molar-refractivity contribution in [1.82, 2.24) is 10.2 Å². The second kappa shape index (κ2) is 5.47. The summed E-state index contributed by atoms with van der Waals surface area (Å²) in [4.78, 5) is 13.6. The van der Waals surface area contributed by atoms with Crippen molar-refractivity contribution in [1.29, 1.82) is 0 Å². The van der Waals surface area contributed by atoms with Gasteiger partial charge in [-0.3, -0.25) is 4.79 Å². The Bertz CT molecular complexity index is 219. The second-order valence-electron chi connectivity index (χ2n) is 4.64. The predicted octanol–water partition coefficient (Wildman–Crippen LogP) is 0.214. The van der Waals surface area contributed by atoms with Crippen molar-refractivity contribution >= 4 is 5.91 Å². The third-order valence-electron chi connectivity index (χ3n) is 2.89. The first-order chi connectivity index (χ1) is 7.00. The zero-order valence-electron chi connectivity index (χ0n) is 9.86. The summed E-state index contributed by atoms with van der Waals surface area (Å²) < 4.78 is 0. The fourth-order valence-corrected chi connectivity index (χ4v) is 2.15. The second-order valence-corrected chi connectivity index (χ2v) is 4.64. The van der Waals surface area contributed by atoms with E-state index in [0.29, 0.717) is 12.6 Å². The molecule has 0 saturated carbocycles. The van der Waals surface area contributed by atoms with Gasteiger partial charge in [0.1, 0.15) is 0 Å². The molecule has 1 saturated heterocycles. The molecule has 15 heavy (non-hydrogen) atoms. The van der Waals surface area contributed by atoms with Gasteiger partial charge < -0.3 is 15.3 Å². The van der Waals surface area contributed by atoms with Crippen LogP contribution < -0.4 is 5.32 Å². The molecule has 3 atom stereocenters. The van der Waals surface area contributed by atoms with Crippen LogP contribution in [0.5, 0.6) is 0 Å². The number of carbonyl (C=O) groups is 1. The van der Waals surface area contributed by atoms with Crippen LogP contribution in [0.3, 0.4) is 0 Å². The van der Waals surface area contributed by atoms with Gasteiger partial charge in [0.25, 0.3) is 0 Å². The van der Waals surface area contributed by atoms with E-state index in [1.807, 2.05) is 0 Å². The molecule has 0 aliphatic carbocycles. The number of hydrogen-bond donors (Lipinski definition) is 2. The van der Waals surface area contributed by atoms with E-state index < -0.39 is 6.10 Å². The Morgan fingerprint density at radius 3 is 2.87 bits per heavy atom. The maximum atomic E-state index is 12.0. The molecule has 0 bridgehead atoms. The zero-order valence-corrected chi connectivity index (χ0v) is 9.86. The van der Waals surface area contributed by atoms with Crippen LogP contribution in [0.25, 0.3) is 0 Å². The Hall–Kier alpha value is -0.610. The third-order valence-corrected chi connectivity index (χ3v) is 2.89. The van der Waals surface area contributed by atoms with Gasteiger partial charge in [-0.1, -0.05) is 0 Å². The van der Waals surface area contributed by atoms with Gasteiger partial charge >= 0.3 is 0 Å². The topological polar surface area (TPSA) is 52.6 Å². The molecule has 88 valence electrons. The summed E-state index contributed by atoms with van der Waals surface area (Å²) in [7, 11) is 1.77. The standard InChI is InChI=1S/C11H22N2O2/c1-8-6-10(4-5-12-8)11(15)13(3)7-9(2)14/h8-10,12,14H,4-7H2,1-3H3. The lowest BCUT2D eigenvalue weighted by Crippen LogP contribution is -2.44. The number of nitrogens with one attached hydrogen (secondary N) is 1. The minimum atomic E-state index is -0.446. The molecule has 3 unspecified atom stereocenters. The Morgan fingerprint density at radius 1 is 1.67 bits per heavy atom. The highest BCUT2D eigenvalue weighted by atomic mass is 16.3. The van der Waals surface area contributed by atoms with E-state index in [1.54, 1.807) is 18.9 Å². The van der Waals surface area contributed by atoms with Gasteiger partial charge in [-0.2, -0.15) is 0 Å². The fraction of sp³-hybridized carbons (Fsp3) is 0.909. The summed E-state index contributed by atoms with van der Waals surface area (Å²) in [5, 5.41) is 12.5. The van der Waals surface area contributed by atoms with Gasteiger partial charge in [0, 0.05) is 25.6 Å². The molecule has 0 spiro atoms. The number of carbonyl (C=O) groups excluding carboxylic acids is 1. The first kappa shape index (κ1) is 12.5. The lowest BCUT2D eigenvalue weighted by Gasteiger charge is -2.30. The highest BCUT2D eigenvalue weighted by Gasteiger charge is 2.27. The molecule has 0 aromatic heterocycles. The Labute approximate surface area is 91.6 Å². The maximum absolute atomic E-state index is 12.0. The summed E-state index contributed by atoms with van der Waals surface area (Å²) >= 11 is 0. The highest BCUT2D eigenvalue weighted by molar-refractivity contribution is 5.78. The van der Waals surface area contributed by atoms with Crippen molar-refractivity contribution in [3.8, 4) is 0 Å². The summed E-state index contributed by atoms with van der Waals surface area (Å²) in [6, 6.07) is 0.424. The molecule has 1 heterocycles. The van der Waals surface area contributed by atoms with E-state index in [0.717, 1.165) is 19.4 Å². The van der Waals surface area contributed by atoms with Gasteiger partial charge in [-0.05, 0) is 33.2 Å². The molecule has 0 aromatic carbocycles. The quantitative estimate of drug-likeness (QED) is 0.706. The number of aliphatic hydroxyl groups is 1. The minimum Gasteiger partial charge on any atom is -0.392 e. The number of aliphatic hydroxyl groups excluding tert-OH is 1. The highest BCUT2D eigenvalue weighted by Crippen LogP contribution is 2.18. The van der Waals surface area contributed by atoms with Crippen molar-refractivity contribution in [2.45, 2.75) is 38.8 Å². The van der Waals surface area contributed by atoms with Crippen LogP contribution in [0.2, 0.25) is 0 Å². The number of nitrogens with zero attached hydrogens (tertiary/aromatic N) is 1. The molecular weight excluding hydrogens is 192 g/mol. The molecule has 1 rings (SSSR count). The van der Waals surface area contributed by atoms with Crippen LogP contribution >= 0.6 is 0 Å². The lowest BCUT2D eigenvalue weighted by molar-refractivity contribution is -0.136. The largest absolute Gasteiger partial charge is 0.392 e. The monoisotopic (exact) mass is 214 g/mol. The maximum Gasteiger partial charge on any atom is 0.225 e. The lowest BCUT2D eigenvalue weighted by atomic mass is 9.92. The van der Waals surface area contributed by atoms with Gasteiger partial charge in [-0.25, -0.2) is 0 Å². The average molecular weight is 214 g/mol. The van der Waals surface area contributed by atoms with Crippen LogP contribution in [0.4, 0.5) is 0 Å². The van der Waals surface area contributed by atoms with E-state index in [4.69, 9.17) is 0 Å². The third kappa shape index (κ3) is 3.80. The zero-order chi connectivity index (χ0) is 11.4. The van der Waals surface area contributed by atoms with Crippen LogP contribution in [0.1, 0.15) is 26.7 Å². The first-order valence-corrected chi connectivity index (χ1v) is 5.67. The number of amides is 1. The van der Waals surface area contributed by atoms with Gasteiger partial charge in [0.05, 0.1) is 6.10 Å². The normalized spacial score (nSPS) is 28.5. The Balaban J connectivity index is 2.44. The molecular formula is C11H22N2O2. The van der Waals surface area contributed by atoms with Crippen molar-refractivity contribution in [3.63, 3.8) is 0 Å². The molecule has 0 radical (unpaired) electrons. The van der Waals surface area contributed by atoms with E-state index in [-0.39, 0.29) is 11.8 Å². The van der Waals surface area contributed by atoms with E-state index in [2.05, 4.69) is 12.2 Å². The number of piperidine rings is 1. The smallest absolute Gasteiger partial charge is 0.225 e. The van der Waals surface area contributed by atoms with Crippen molar-refractivity contribution in [2.24, 2.45) is 5.92 Å². The molecule has 1 aliphatic heterocycles. The van der Waals surface area contributed by atoms with E-state index in [9.17, 15) is 9.90 Å². The fourth-order valence-electron chi connectivity index (χ4n) is 2.15. The van der Waals surface area contributed by atoms with Gasteiger partial charge in [0.2, 0.25) is 5.91 Å². The summed E-state index contributed by atoms with van der Waals surface area (Å²) in [5.74, 6) is 0.300. The molecule has 2 N–H and O–H groups in total. The SMILES string of the molecule is CC(O)CN(C)C(=O)C1CCNC(C)C1. The average Bonchev–Trinajstić information content (AvgIpc) is 2.15. The molecule has 1 amide bonds. The molecule has 4 nitrogen and oxygen atoms in total. The van der Waals surface area contributed by atoms with Gasteiger partial charge in [-0.15, -0.1) is 0 Å². The van der Waals surface area contributed by atoms with Crippen molar-refractivity contribution < 1.29 is 9.90 Å². The summed E-state index contributed by atoms with van der Waals surface area (Å²) in [6.45, 7) is 5.15. The van der Waals surface area contributed by atoms with Crippen LogP contribution in [0.15, 0.2) is 0 Å². The summed E-state index contributed by atoms with van der Waals surface area (Å²) in [6.07, 6.45) is 1.37. The number of rotatable bonds is 3. The van der Waals surface area contributed by atoms with Crippen molar-refractivity contribution in [2.75, 3.05) is 20.1 Å². The molecule has 0 aromatic rings. The van der Waals surface area contributed by atoms with Crippen molar-refractivity contribution in [3.05, 3.63) is 0 Å². The number of hydrogen-bond acceptors (Lipinski definition) is 3. The molecule has 1 fully saturated rings. The molecule has 1 aliphatic rings. The van der Waals surface area contributed by atoms with E-state index >= 15 is 0 Å². The van der Waals surface area contributed by atoms with Gasteiger partial charge in [0.15, 0.2) is 0 Å². The van der Waals surface area contributed by atoms with Crippen LogP contribution in [0, 0.1) is 5.92 Å². The molecule has 4 heteroatoms.